The molecule has 0 atom stereocenters. The monoisotopic (exact) mass is 527 g/mol. The van der Waals surface area contributed by atoms with Crippen molar-refractivity contribution in [3.8, 4) is 22.6 Å². The van der Waals surface area contributed by atoms with Crippen LogP contribution in [0.5, 0.6) is 0 Å². The molecule has 9 rings (SSSR count). The van der Waals surface area contributed by atoms with Crippen molar-refractivity contribution in [2.45, 2.75) is 13.8 Å². The first-order valence-electron chi connectivity index (χ1n) is 14.0. The number of fused-ring (bicyclic) bond motifs is 21. The van der Waals surface area contributed by atoms with Gasteiger partial charge in [0.25, 0.3) is 0 Å². The minimum atomic E-state index is 0.726. The maximum absolute atomic E-state index is 5.19. The first-order chi connectivity index (χ1) is 20.2. The topological polar surface area (TPSA) is 73.2 Å². The standard InChI is InChI=1S/C36H25N5/c1-19-29-21-11-3-5-13-23(21)33(37-29)34-24-14-6-4-12-22(24)30(38-34)20(2)32-26-16-8-10-18-28(26)36(40-32)41-35-27-17-9-7-15-25(27)31(19)39-35/h3-18,37-38H,1-2H3,(H,39,40,41). The number of benzene rings is 4. The van der Waals surface area contributed by atoms with Crippen LogP contribution >= 0.6 is 0 Å². The zero-order valence-electron chi connectivity index (χ0n) is 22.6. The summed E-state index contributed by atoms with van der Waals surface area (Å²) in [5, 5.41) is 6.95. The lowest BCUT2D eigenvalue weighted by Gasteiger charge is -2.01. The summed E-state index contributed by atoms with van der Waals surface area (Å²) in [6.07, 6.45) is 0. The van der Waals surface area contributed by atoms with Crippen LogP contribution in [0.25, 0.3) is 88.2 Å². The second kappa shape index (κ2) is 8.05. The van der Waals surface area contributed by atoms with Crippen molar-refractivity contribution in [2.75, 3.05) is 0 Å². The highest BCUT2D eigenvalue weighted by atomic mass is 15.0. The number of hydrogen-bond acceptors (Lipinski definition) is 2. The predicted molar refractivity (Wildman–Crippen MR) is 170 cm³/mol. The molecule has 41 heavy (non-hydrogen) atoms. The molecule has 0 spiro atoms. The van der Waals surface area contributed by atoms with Crippen molar-refractivity contribution < 1.29 is 0 Å². The molecule has 4 aromatic carbocycles. The Bertz CT molecular complexity index is 2510. The highest BCUT2D eigenvalue weighted by Crippen LogP contribution is 2.40. The Morgan fingerprint density at radius 1 is 0.415 bits per heavy atom. The summed E-state index contributed by atoms with van der Waals surface area (Å²) in [6.45, 7) is 4.35. The zero-order chi connectivity index (χ0) is 27.2. The van der Waals surface area contributed by atoms with Gasteiger partial charge in [0.15, 0.2) is 5.82 Å². The summed E-state index contributed by atoms with van der Waals surface area (Å²) in [4.78, 5) is 21.8. The molecule has 5 heterocycles. The maximum atomic E-state index is 5.19. The van der Waals surface area contributed by atoms with E-state index in [0.29, 0.717) is 0 Å². The molecule has 0 radical (unpaired) electrons. The van der Waals surface area contributed by atoms with Crippen molar-refractivity contribution in [1.29, 1.82) is 0 Å². The van der Waals surface area contributed by atoms with Crippen LogP contribution in [-0.2, 0) is 0 Å². The Balaban J connectivity index is 1.63. The lowest BCUT2D eigenvalue weighted by Crippen LogP contribution is -1.82. The van der Waals surface area contributed by atoms with Gasteiger partial charge in [-0.05, 0) is 25.0 Å². The minimum absolute atomic E-state index is 0.726. The summed E-state index contributed by atoms with van der Waals surface area (Å²) >= 11 is 0. The Morgan fingerprint density at radius 3 is 1.46 bits per heavy atom. The number of aromatic amines is 3. The summed E-state index contributed by atoms with van der Waals surface area (Å²) < 4.78 is 0. The van der Waals surface area contributed by atoms with Gasteiger partial charge in [-0.15, -0.1) is 0 Å². The molecule has 3 N–H and O–H groups in total. The van der Waals surface area contributed by atoms with Gasteiger partial charge in [-0.2, -0.15) is 0 Å². The third-order valence-corrected chi connectivity index (χ3v) is 8.72. The van der Waals surface area contributed by atoms with Crippen molar-refractivity contribution in [3.63, 3.8) is 0 Å². The number of nitrogens with zero attached hydrogens (tertiary/aromatic N) is 2. The molecule has 4 aromatic heterocycles. The molecule has 8 aromatic rings. The molecular weight excluding hydrogens is 502 g/mol. The van der Waals surface area contributed by atoms with Gasteiger partial charge in [0.1, 0.15) is 5.65 Å². The van der Waals surface area contributed by atoms with Crippen LogP contribution in [0.3, 0.4) is 0 Å². The second-order valence-corrected chi connectivity index (χ2v) is 10.9. The third-order valence-electron chi connectivity index (χ3n) is 8.72. The quantitative estimate of drug-likeness (QED) is 0.184. The van der Waals surface area contributed by atoms with Crippen LogP contribution in [0, 0.1) is 13.8 Å². The van der Waals surface area contributed by atoms with Crippen molar-refractivity contribution >= 4 is 65.5 Å². The van der Waals surface area contributed by atoms with Gasteiger partial charge in [-0.25, -0.2) is 9.97 Å². The highest BCUT2D eigenvalue weighted by molar-refractivity contribution is 6.21. The van der Waals surface area contributed by atoms with E-state index in [2.05, 4.69) is 126 Å². The smallest absolute Gasteiger partial charge is 0.162 e. The summed E-state index contributed by atoms with van der Waals surface area (Å²) in [7, 11) is 0. The lowest BCUT2D eigenvalue weighted by molar-refractivity contribution is 1.25. The van der Waals surface area contributed by atoms with E-state index < -0.39 is 0 Å². The number of hydrogen-bond donors (Lipinski definition) is 3. The van der Waals surface area contributed by atoms with Crippen LogP contribution in [0.1, 0.15) is 11.1 Å². The Hall–Kier alpha value is -5.42. The van der Waals surface area contributed by atoms with Crippen LogP contribution in [0.4, 0.5) is 0 Å². The second-order valence-electron chi connectivity index (χ2n) is 10.9. The van der Waals surface area contributed by atoms with Crippen LogP contribution in [0.15, 0.2) is 97.1 Å². The SMILES string of the molecule is Cc1c2nc(nc3[nH]c(c(C)c4[nH]c(c5ccccc45)c4[nH]c1c1ccccc14)c1ccccc31)-c1ccccc1-2. The molecule has 5 nitrogen and oxygen atoms in total. The molecule has 1 aliphatic rings. The Kier molecular flexibility index (Phi) is 4.40. The van der Waals surface area contributed by atoms with E-state index >= 15 is 0 Å². The van der Waals surface area contributed by atoms with Gasteiger partial charge in [0.05, 0.1) is 33.3 Å². The van der Waals surface area contributed by atoms with Gasteiger partial charge in [0, 0.05) is 43.4 Å². The van der Waals surface area contributed by atoms with E-state index in [-0.39, 0.29) is 0 Å². The first-order valence-corrected chi connectivity index (χ1v) is 14.0. The number of nitrogens with one attached hydrogen (secondary N) is 3. The predicted octanol–water partition coefficient (Wildman–Crippen LogP) is 9.33. The van der Waals surface area contributed by atoms with E-state index in [0.717, 1.165) is 77.8 Å². The van der Waals surface area contributed by atoms with Crippen molar-refractivity contribution in [1.82, 2.24) is 24.9 Å². The van der Waals surface area contributed by atoms with Crippen LogP contribution in [0.2, 0.25) is 0 Å². The normalized spacial score (nSPS) is 12.1. The highest BCUT2D eigenvalue weighted by Gasteiger charge is 2.21. The summed E-state index contributed by atoms with van der Waals surface area (Å²) in [5.41, 5.74) is 11.5. The maximum Gasteiger partial charge on any atom is 0.162 e. The molecule has 194 valence electrons. The zero-order valence-corrected chi connectivity index (χ0v) is 22.6. The molecule has 1 aliphatic heterocycles. The van der Waals surface area contributed by atoms with Gasteiger partial charge >= 0.3 is 0 Å². The van der Waals surface area contributed by atoms with Crippen LogP contribution < -0.4 is 0 Å². The molecule has 0 unspecified atom stereocenters. The fraction of sp³-hybridized carbons (Fsp3) is 0.0556. The first kappa shape index (κ1) is 22.4. The van der Waals surface area contributed by atoms with Crippen molar-refractivity contribution in [3.05, 3.63) is 108 Å². The Morgan fingerprint density at radius 2 is 0.854 bits per heavy atom. The molecule has 5 heteroatoms. The third kappa shape index (κ3) is 3.00. The molecule has 8 bridgehead atoms. The van der Waals surface area contributed by atoms with Gasteiger partial charge in [-0.3, -0.25) is 0 Å². The lowest BCUT2D eigenvalue weighted by atomic mass is 10.0. The minimum Gasteiger partial charge on any atom is -0.353 e. The largest absolute Gasteiger partial charge is 0.353 e. The molecule has 0 saturated heterocycles. The average Bonchev–Trinajstić information content (AvgIpc) is 3.77. The molecule has 0 amide bonds. The van der Waals surface area contributed by atoms with Gasteiger partial charge in [-0.1, -0.05) is 97.1 Å². The van der Waals surface area contributed by atoms with Crippen LogP contribution in [-0.4, -0.2) is 24.9 Å². The molecule has 0 fully saturated rings. The van der Waals surface area contributed by atoms with E-state index in [4.69, 9.17) is 9.97 Å². The number of aryl methyl sites for hydroxylation is 2. The van der Waals surface area contributed by atoms with E-state index in [1.54, 1.807) is 0 Å². The fourth-order valence-electron chi connectivity index (χ4n) is 6.72. The fourth-order valence-corrected chi connectivity index (χ4v) is 6.72. The summed E-state index contributed by atoms with van der Waals surface area (Å²) in [6, 6.07) is 34.1. The number of rotatable bonds is 0. The average molecular weight is 528 g/mol. The van der Waals surface area contributed by atoms with Gasteiger partial charge < -0.3 is 15.0 Å². The van der Waals surface area contributed by atoms with Gasteiger partial charge in [0.2, 0.25) is 0 Å². The number of aromatic nitrogens is 5. The van der Waals surface area contributed by atoms with Crippen molar-refractivity contribution in [2.24, 2.45) is 0 Å². The molecule has 0 saturated carbocycles. The van der Waals surface area contributed by atoms with E-state index in [9.17, 15) is 0 Å². The Labute approximate surface area is 234 Å². The van der Waals surface area contributed by atoms with E-state index in [1.807, 2.05) is 0 Å². The molecular formula is C36H25N5. The van der Waals surface area contributed by atoms with E-state index in [1.165, 1.54) is 21.5 Å². The summed E-state index contributed by atoms with van der Waals surface area (Å²) in [5.74, 6) is 0.726. The molecule has 0 aliphatic carbocycles. The number of H-pyrrole nitrogens is 3.